The maximum absolute atomic E-state index is 14.1. The van der Waals surface area contributed by atoms with E-state index in [9.17, 15) is 39.2 Å². The zero-order valence-electron chi connectivity index (χ0n) is 23.8. The van der Waals surface area contributed by atoms with Crippen molar-refractivity contribution in [2.45, 2.75) is 37.3 Å². The molecular formula is C31H34FN3O7. The molecule has 0 aromatic heterocycles. The first kappa shape index (κ1) is 29.3. The van der Waals surface area contributed by atoms with Gasteiger partial charge >= 0.3 is 0 Å². The lowest BCUT2D eigenvalue weighted by atomic mass is 9.58. The van der Waals surface area contributed by atoms with Gasteiger partial charge in [0.05, 0.1) is 11.6 Å². The highest BCUT2D eigenvalue weighted by atomic mass is 19.1. The zero-order valence-corrected chi connectivity index (χ0v) is 23.8. The lowest BCUT2D eigenvalue weighted by Gasteiger charge is -2.50. The maximum atomic E-state index is 14.1. The molecule has 0 unspecified atom stereocenters. The highest BCUT2D eigenvalue weighted by Crippen LogP contribution is 2.53. The van der Waals surface area contributed by atoms with E-state index in [2.05, 4.69) is 0 Å². The van der Waals surface area contributed by atoms with Gasteiger partial charge in [0.25, 0.3) is 5.91 Å². The molecule has 0 spiro atoms. The molecule has 10 nitrogen and oxygen atoms in total. The van der Waals surface area contributed by atoms with Crippen molar-refractivity contribution < 1.29 is 39.2 Å². The van der Waals surface area contributed by atoms with E-state index in [1.807, 2.05) is 4.90 Å². The molecule has 11 heteroatoms. The average Bonchev–Trinajstić information content (AvgIpc) is 2.90. The number of likely N-dealkylation sites (N-methyl/N-ethyl adjacent to an activating group) is 1. The number of amides is 1. The zero-order chi connectivity index (χ0) is 30.8. The van der Waals surface area contributed by atoms with E-state index in [4.69, 9.17) is 5.73 Å². The quantitative estimate of drug-likeness (QED) is 0.322. The van der Waals surface area contributed by atoms with Crippen molar-refractivity contribution in [3.05, 3.63) is 81.1 Å². The number of aromatic hydroxyl groups is 1. The first-order chi connectivity index (χ1) is 19.7. The third kappa shape index (κ3) is 4.26. The van der Waals surface area contributed by atoms with E-state index in [1.165, 1.54) is 17.0 Å². The number of phenols is 1. The first-order valence-corrected chi connectivity index (χ1v) is 13.6. The van der Waals surface area contributed by atoms with Crippen molar-refractivity contribution in [2.24, 2.45) is 17.6 Å². The molecule has 1 amide bonds. The first-order valence-electron chi connectivity index (χ1n) is 13.6. The highest BCUT2D eigenvalue weighted by molar-refractivity contribution is 6.25. The lowest BCUT2D eigenvalue weighted by Crippen LogP contribution is -2.63. The molecule has 3 aliphatic carbocycles. The van der Waals surface area contributed by atoms with Gasteiger partial charge < -0.3 is 31.1 Å². The van der Waals surface area contributed by atoms with Crippen molar-refractivity contribution in [3.8, 4) is 5.75 Å². The Morgan fingerprint density at radius 1 is 1.07 bits per heavy atom. The second-order valence-corrected chi connectivity index (χ2v) is 11.7. The number of aliphatic hydroxyl groups excluding tert-OH is 2. The summed E-state index contributed by atoms with van der Waals surface area (Å²) in [5, 5.41) is 45.6. The van der Waals surface area contributed by atoms with Gasteiger partial charge in [0.1, 0.15) is 28.7 Å². The van der Waals surface area contributed by atoms with Gasteiger partial charge in [-0.1, -0.05) is 12.1 Å². The maximum Gasteiger partial charge on any atom is 0.255 e. The Morgan fingerprint density at radius 3 is 2.29 bits per heavy atom. The Labute approximate surface area is 242 Å². The SMILES string of the molecule is CN(C)c1cc(CCc2ccc(F)cc2)c(O)c2c1C[C@H]1C[C@H]3[C@H](N(C)C)C(O)=C(C(N)=O)C(=O)[C@@]3(O)C(O)=C1C2=O. The number of Topliss-reactive ketones (excluding diaryl/α,β-unsaturated/α-hetero) is 2. The van der Waals surface area contributed by atoms with Crippen LogP contribution in [0.5, 0.6) is 5.75 Å². The van der Waals surface area contributed by atoms with Crippen molar-refractivity contribution in [3.63, 3.8) is 0 Å². The van der Waals surface area contributed by atoms with Crippen LogP contribution in [-0.2, 0) is 28.9 Å². The Bertz CT molecular complexity index is 1580. The Balaban J connectivity index is 1.64. The fourth-order valence-corrected chi connectivity index (χ4v) is 6.87. The van der Waals surface area contributed by atoms with E-state index < -0.39 is 58.0 Å². The second kappa shape index (κ2) is 10.2. The number of nitrogens with two attached hydrogens (primary N) is 1. The number of carbonyl (C=O) groups is 3. The molecule has 0 bridgehead atoms. The number of aliphatic hydroxyl groups is 3. The van der Waals surface area contributed by atoms with Crippen LogP contribution in [0.3, 0.4) is 0 Å². The molecule has 0 radical (unpaired) electrons. The number of ketones is 2. The topological polar surface area (TPSA) is 165 Å². The number of allylic oxidation sites excluding steroid dienone is 1. The molecule has 5 rings (SSSR count). The predicted octanol–water partition coefficient (Wildman–Crippen LogP) is 2.11. The van der Waals surface area contributed by atoms with Gasteiger partial charge in [-0.15, -0.1) is 0 Å². The Hall–Kier alpha value is -4.22. The summed E-state index contributed by atoms with van der Waals surface area (Å²) in [6, 6.07) is 6.73. The number of benzene rings is 2. The van der Waals surface area contributed by atoms with E-state index in [1.54, 1.807) is 46.4 Å². The second-order valence-electron chi connectivity index (χ2n) is 11.7. The molecule has 2 aromatic rings. The molecule has 0 saturated carbocycles. The molecule has 3 aliphatic rings. The van der Waals surface area contributed by atoms with Crippen molar-refractivity contribution in [1.82, 2.24) is 4.90 Å². The van der Waals surface area contributed by atoms with Crippen molar-refractivity contribution >= 4 is 23.2 Å². The third-order valence-electron chi connectivity index (χ3n) is 8.86. The number of hydrogen-bond acceptors (Lipinski definition) is 9. The number of fused-ring (bicyclic) bond motifs is 3. The van der Waals surface area contributed by atoms with E-state index in [0.717, 1.165) is 5.56 Å². The fourth-order valence-electron chi connectivity index (χ4n) is 6.87. The number of halogens is 1. The standard InChI is InChI=1S/C31H34FN3O7/c1-34(2)20-13-15(8-5-14-6-9-17(32)10-7-14)25(36)22-18(20)11-16-12-19-24(35(3)4)27(38)23(30(33)41)29(40)31(19,42)28(39)21(16)26(22)37/h6-7,9-10,13,16,19,24,36,38-39,42H,5,8,11-12H2,1-4H3,(H2,33,41)/t16-,19-,24-,31-/m0/s1. The average molecular weight is 580 g/mol. The van der Waals surface area contributed by atoms with Gasteiger partial charge in [-0.25, -0.2) is 4.39 Å². The summed E-state index contributed by atoms with van der Waals surface area (Å²) in [5.41, 5.74) is 4.16. The summed E-state index contributed by atoms with van der Waals surface area (Å²) < 4.78 is 13.4. The van der Waals surface area contributed by atoms with Crippen LogP contribution in [0.4, 0.5) is 10.1 Å². The Morgan fingerprint density at radius 2 is 1.71 bits per heavy atom. The van der Waals surface area contributed by atoms with Crippen LogP contribution >= 0.6 is 0 Å². The van der Waals surface area contributed by atoms with Gasteiger partial charge in [-0.3, -0.25) is 19.3 Å². The van der Waals surface area contributed by atoms with Crippen LogP contribution in [-0.4, -0.2) is 82.6 Å². The molecule has 6 N–H and O–H groups in total. The summed E-state index contributed by atoms with van der Waals surface area (Å²) in [5.74, 6) is -7.16. The minimum Gasteiger partial charge on any atom is -0.510 e. The minimum atomic E-state index is -2.69. The summed E-state index contributed by atoms with van der Waals surface area (Å²) in [4.78, 5) is 43.1. The number of primary amides is 1. The molecule has 2 aromatic carbocycles. The van der Waals surface area contributed by atoms with Gasteiger partial charge in [-0.2, -0.15) is 0 Å². The summed E-state index contributed by atoms with van der Waals surface area (Å²) in [7, 11) is 6.78. The number of nitrogens with zero attached hydrogens (tertiary/aromatic N) is 2. The highest BCUT2D eigenvalue weighted by Gasteiger charge is 2.63. The van der Waals surface area contributed by atoms with E-state index in [0.29, 0.717) is 29.7 Å². The number of carbonyl (C=O) groups excluding carboxylic acids is 3. The predicted molar refractivity (Wildman–Crippen MR) is 152 cm³/mol. The third-order valence-corrected chi connectivity index (χ3v) is 8.86. The van der Waals surface area contributed by atoms with Gasteiger partial charge in [0.15, 0.2) is 11.4 Å². The summed E-state index contributed by atoms with van der Waals surface area (Å²) in [6.07, 6.45) is 1.01. The van der Waals surface area contributed by atoms with Crippen LogP contribution in [0.2, 0.25) is 0 Å². The lowest BCUT2D eigenvalue weighted by molar-refractivity contribution is -0.148. The summed E-state index contributed by atoms with van der Waals surface area (Å²) in [6.45, 7) is 0. The number of anilines is 1. The van der Waals surface area contributed by atoms with Crippen LogP contribution in [0.15, 0.2) is 53.0 Å². The molecule has 0 fully saturated rings. The molecule has 4 atom stereocenters. The van der Waals surface area contributed by atoms with Gasteiger partial charge in [-0.05, 0) is 80.6 Å². The molecule has 0 heterocycles. The molecule has 42 heavy (non-hydrogen) atoms. The normalized spacial score (nSPS) is 25.4. The van der Waals surface area contributed by atoms with E-state index >= 15 is 0 Å². The van der Waals surface area contributed by atoms with Crippen molar-refractivity contribution in [1.29, 1.82) is 0 Å². The minimum absolute atomic E-state index is 0.0196. The van der Waals surface area contributed by atoms with Crippen LogP contribution < -0.4 is 10.6 Å². The number of hydrogen-bond donors (Lipinski definition) is 5. The fraction of sp³-hybridized carbons (Fsp3) is 0.387. The number of phenolic OH excluding ortho intramolecular Hbond substituents is 1. The van der Waals surface area contributed by atoms with Gasteiger partial charge in [0, 0.05) is 31.3 Å². The van der Waals surface area contributed by atoms with Crippen molar-refractivity contribution in [2.75, 3.05) is 33.1 Å². The van der Waals surface area contributed by atoms with Crippen LogP contribution in [0.1, 0.15) is 33.5 Å². The van der Waals surface area contributed by atoms with Crippen LogP contribution in [0.25, 0.3) is 0 Å². The molecule has 0 saturated heterocycles. The largest absolute Gasteiger partial charge is 0.510 e. The molecule has 0 aliphatic heterocycles. The number of aryl methyl sites for hydroxylation is 2. The number of rotatable bonds is 6. The van der Waals surface area contributed by atoms with Gasteiger partial charge in [0.2, 0.25) is 5.78 Å². The monoisotopic (exact) mass is 579 g/mol. The molecule has 222 valence electrons. The van der Waals surface area contributed by atoms with E-state index in [-0.39, 0.29) is 35.5 Å². The summed E-state index contributed by atoms with van der Waals surface area (Å²) >= 11 is 0. The van der Waals surface area contributed by atoms with Crippen LogP contribution in [0, 0.1) is 17.7 Å². The smallest absolute Gasteiger partial charge is 0.255 e. The molecular weight excluding hydrogens is 545 g/mol. The Kier molecular flexibility index (Phi) is 7.14.